The summed E-state index contributed by atoms with van der Waals surface area (Å²) < 4.78 is 6.01. The average Bonchev–Trinajstić information content (AvgIpc) is 2.78. The number of pyridine rings is 1. The minimum Gasteiger partial charge on any atom is -0.408 e. The van der Waals surface area contributed by atoms with Crippen LogP contribution in [0, 0.1) is 0 Å². The Balaban J connectivity index is 1.84. The number of fused-ring (bicyclic) bond motifs is 1. The summed E-state index contributed by atoms with van der Waals surface area (Å²) in [5.74, 6) is 0.448. The maximum atomic E-state index is 11.1. The second kappa shape index (κ2) is 5.13. The quantitative estimate of drug-likeness (QED) is 0.800. The fraction of sp³-hybridized carbons (Fsp3) is 0.143. The second-order valence-electron chi connectivity index (χ2n) is 4.54. The van der Waals surface area contributed by atoms with Crippen LogP contribution < -0.4 is 10.7 Å². The maximum absolute atomic E-state index is 11.1. The van der Waals surface area contributed by atoms with Gasteiger partial charge < -0.3 is 9.32 Å². The van der Waals surface area contributed by atoms with Crippen LogP contribution >= 0.6 is 15.9 Å². The minimum atomic E-state index is -0.430. The summed E-state index contributed by atoms with van der Waals surface area (Å²) >= 11 is 3.36. The van der Waals surface area contributed by atoms with E-state index in [-0.39, 0.29) is 0 Å². The van der Waals surface area contributed by atoms with E-state index in [1.54, 1.807) is 6.20 Å². The van der Waals surface area contributed by atoms with Gasteiger partial charge in [-0.2, -0.15) is 0 Å². The van der Waals surface area contributed by atoms with Crippen LogP contribution in [0.25, 0.3) is 11.1 Å². The van der Waals surface area contributed by atoms with Crippen molar-refractivity contribution in [3.63, 3.8) is 0 Å². The number of oxazole rings is 1. The summed E-state index contributed by atoms with van der Waals surface area (Å²) in [6.07, 6.45) is 1.76. The molecule has 0 radical (unpaired) electrons. The molecule has 0 unspecified atom stereocenters. The number of nitrogens with one attached hydrogen (secondary N) is 1. The van der Waals surface area contributed by atoms with E-state index in [4.69, 9.17) is 4.42 Å². The van der Waals surface area contributed by atoms with Crippen molar-refractivity contribution >= 4 is 32.8 Å². The highest BCUT2D eigenvalue weighted by molar-refractivity contribution is 9.10. The zero-order valence-electron chi connectivity index (χ0n) is 10.8. The first-order chi connectivity index (χ1) is 9.61. The van der Waals surface area contributed by atoms with E-state index in [9.17, 15) is 4.79 Å². The molecule has 3 aromatic rings. The molecule has 0 amide bonds. The van der Waals surface area contributed by atoms with Crippen molar-refractivity contribution in [2.24, 2.45) is 0 Å². The van der Waals surface area contributed by atoms with Gasteiger partial charge in [0.15, 0.2) is 5.58 Å². The number of anilines is 1. The lowest BCUT2D eigenvalue weighted by Crippen LogP contribution is -2.17. The number of benzene rings is 1. The van der Waals surface area contributed by atoms with Crippen molar-refractivity contribution in [1.82, 2.24) is 9.97 Å². The zero-order valence-corrected chi connectivity index (χ0v) is 12.3. The van der Waals surface area contributed by atoms with Crippen LogP contribution in [0.1, 0.15) is 5.56 Å². The molecule has 0 aliphatic carbocycles. The molecule has 2 aromatic heterocycles. The van der Waals surface area contributed by atoms with E-state index >= 15 is 0 Å². The van der Waals surface area contributed by atoms with E-state index in [0.717, 1.165) is 15.9 Å². The predicted molar refractivity (Wildman–Crippen MR) is 80.9 cm³/mol. The highest BCUT2D eigenvalue weighted by atomic mass is 79.9. The second-order valence-corrected chi connectivity index (χ2v) is 5.45. The third kappa shape index (κ3) is 2.60. The van der Waals surface area contributed by atoms with Gasteiger partial charge in [0.1, 0.15) is 5.82 Å². The van der Waals surface area contributed by atoms with Crippen LogP contribution in [0.4, 0.5) is 5.82 Å². The van der Waals surface area contributed by atoms with Gasteiger partial charge >= 0.3 is 5.76 Å². The van der Waals surface area contributed by atoms with Crippen molar-refractivity contribution < 1.29 is 4.42 Å². The lowest BCUT2D eigenvalue weighted by atomic mass is 10.2. The molecular formula is C14H12BrN3O2. The number of hydrogen-bond acceptors (Lipinski definition) is 4. The number of aromatic nitrogens is 2. The molecule has 1 aromatic carbocycles. The van der Waals surface area contributed by atoms with Crippen molar-refractivity contribution in [2.45, 2.75) is 6.54 Å². The first kappa shape index (κ1) is 12.9. The molecule has 0 atom stereocenters. The zero-order chi connectivity index (χ0) is 14.1. The number of H-pyrrole nitrogens is 1. The molecule has 102 valence electrons. The van der Waals surface area contributed by atoms with E-state index in [1.807, 2.05) is 42.3 Å². The highest BCUT2D eigenvalue weighted by Crippen LogP contribution is 2.18. The number of rotatable bonds is 3. The van der Waals surface area contributed by atoms with E-state index in [2.05, 4.69) is 25.9 Å². The van der Waals surface area contributed by atoms with Gasteiger partial charge in [0.2, 0.25) is 0 Å². The van der Waals surface area contributed by atoms with Gasteiger partial charge in [0, 0.05) is 24.3 Å². The Morgan fingerprint density at radius 3 is 2.95 bits per heavy atom. The van der Waals surface area contributed by atoms with Crippen LogP contribution in [0.2, 0.25) is 0 Å². The predicted octanol–water partition coefficient (Wildman–Crippen LogP) is 2.92. The van der Waals surface area contributed by atoms with Gasteiger partial charge in [-0.15, -0.1) is 0 Å². The van der Waals surface area contributed by atoms with Crippen LogP contribution in [0.3, 0.4) is 0 Å². The van der Waals surface area contributed by atoms with Gasteiger partial charge in [0.05, 0.1) is 5.52 Å². The molecule has 3 rings (SSSR count). The normalized spacial score (nSPS) is 10.9. The smallest absolute Gasteiger partial charge is 0.408 e. The number of hydrogen-bond donors (Lipinski definition) is 1. The first-order valence-corrected chi connectivity index (χ1v) is 6.85. The Labute approximate surface area is 123 Å². The van der Waals surface area contributed by atoms with Gasteiger partial charge in [0.25, 0.3) is 0 Å². The summed E-state index contributed by atoms with van der Waals surface area (Å²) in [5, 5.41) is 0. The molecule has 6 heteroatoms. The summed E-state index contributed by atoms with van der Waals surface area (Å²) in [7, 11) is 1.97. The Kier molecular flexibility index (Phi) is 3.31. The monoisotopic (exact) mass is 333 g/mol. The molecule has 0 fully saturated rings. The topological polar surface area (TPSA) is 62.1 Å². The molecular weight excluding hydrogens is 322 g/mol. The third-order valence-electron chi connectivity index (χ3n) is 3.01. The Hall–Kier alpha value is -2.08. The van der Waals surface area contributed by atoms with Crippen molar-refractivity contribution in [1.29, 1.82) is 0 Å². The van der Waals surface area contributed by atoms with Gasteiger partial charge in [-0.3, -0.25) is 4.98 Å². The van der Waals surface area contributed by atoms with Gasteiger partial charge in [-0.25, -0.2) is 9.78 Å². The molecule has 0 aliphatic heterocycles. The van der Waals surface area contributed by atoms with E-state index in [1.165, 1.54) is 0 Å². The summed E-state index contributed by atoms with van der Waals surface area (Å²) in [6, 6.07) is 9.57. The Bertz CT molecular complexity index is 792. The molecule has 0 spiro atoms. The Morgan fingerprint density at radius 2 is 2.20 bits per heavy atom. The lowest BCUT2D eigenvalue weighted by molar-refractivity contribution is 0.555. The van der Waals surface area contributed by atoms with Gasteiger partial charge in [-0.1, -0.05) is 6.07 Å². The fourth-order valence-corrected chi connectivity index (χ4v) is 2.27. The summed E-state index contributed by atoms with van der Waals surface area (Å²) in [4.78, 5) is 20.1. The van der Waals surface area contributed by atoms with Crippen molar-refractivity contribution in [3.05, 3.63) is 57.1 Å². The van der Waals surface area contributed by atoms with Crippen LogP contribution in [-0.4, -0.2) is 17.0 Å². The molecule has 1 N–H and O–H groups in total. The highest BCUT2D eigenvalue weighted by Gasteiger charge is 2.06. The van der Waals surface area contributed by atoms with Crippen molar-refractivity contribution in [2.75, 3.05) is 11.9 Å². The van der Waals surface area contributed by atoms with E-state index in [0.29, 0.717) is 17.6 Å². The van der Waals surface area contributed by atoms with Crippen LogP contribution in [0.15, 0.2) is 50.2 Å². The fourth-order valence-electron chi connectivity index (χ4n) is 2.04. The largest absolute Gasteiger partial charge is 0.417 e. The first-order valence-electron chi connectivity index (χ1n) is 6.06. The number of aromatic amines is 1. The number of nitrogens with zero attached hydrogens (tertiary/aromatic N) is 2. The van der Waals surface area contributed by atoms with E-state index < -0.39 is 5.76 Å². The standard InChI is InChI=1S/C14H12BrN3O2/c1-18(13-5-3-10(15)7-16-13)8-9-2-4-11-12(6-9)20-14(19)17-11/h2-7H,8H2,1H3,(H,17,19). The molecule has 2 heterocycles. The molecule has 0 bridgehead atoms. The van der Waals surface area contributed by atoms with Crippen molar-refractivity contribution in [3.8, 4) is 0 Å². The van der Waals surface area contributed by atoms with Crippen LogP contribution in [-0.2, 0) is 6.54 Å². The third-order valence-corrected chi connectivity index (χ3v) is 3.48. The summed E-state index contributed by atoms with van der Waals surface area (Å²) in [5.41, 5.74) is 2.33. The Morgan fingerprint density at radius 1 is 1.35 bits per heavy atom. The van der Waals surface area contributed by atoms with Crippen LogP contribution in [0.5, 0.6) is 0 Å². The maximum Gasteiger partial charge on any atom is 0.417 e. The lowest BCUT2D eigenvalue weighted by Gasteiger charge is -2.18. The minimum absolute atomic E-state index is 0.430. The molecule has 0 aliphatic rings. The molecule has 0 saturated heterocycles. The molecule has 0 saturated carbocycles. The summed E-state index contributed by atoms with van der Waals surface area (Å²) in [6.45, 7) is 0.680. The SMILES string of the molecule is CN(Cc1ccc2[nH]c(=O)oc2c1)c1ccc(Br)cn1. The van der Waals surface area contributed by atoms with Gasteiger partial charge in [-0.05, 0) is 45.8 Å². The average molecular weight is 334 g/mol. The molecule has 20 heavy (non-hydrogen) atoms. The number of halogens is 1. The molecule has 5 nitrogen and oxygen atoms in total.